The number of carbonyl (C=O) groups is 2. The van der Waals surface area contributed by atoms with Crippen molar-refractivity contribution in [3.05, 3.63) is 0 Å². The molecule has 1 heterocycles. The van der Waals surface area contributed by atoms with E-state index in [-0.39, 0.29) is 6.03 Å². The lowest BCUT2D eigenvalue weighted by atomic mass is 9.87. The molecule has 0 radical (unpaired) electrons. The average Bonchev–Trinajstić information content (AvgIpc) is 2.22. The van der Waals surface area contributed by atoms with Gasteiger partial charge >= 0.3 is 12.0 Å². The fraction of sp³-hybridized carbons (Fsp3) is 0.846. The number of morpholine rings is 1. The van der Waals surface area contributed by atoms with E-state index in [2.05, 4.69) is 5.32 Å². The molecule has 0 unspecified atom stereocenters. The Morgan fingerprint density at radius 2 is 1.95 bits per heavy atom. The van der Waals surface area contributed by atoms with Crippen LogP contribution in [0.3, 0.4) is 0 Å². The minimum Gasteiger partial charge on any atom is -0.480 e. The van der Waals surface area contributed by atoms with Crippen molar-refractivity contribution in [3.8, 4) is 0 Å². The number of nitrogens with zero attached hydrogens (tertiary/aromatic N) is 1. The summed E-state index contributed by atoms with van der Waals surface area (Å²) in [7, 11) is 0. The Morgan fingerprint density at radius 3 is 2.37 bits per heavy atom. The second kappa shape index (κ2) is 5.36. The van der Waals surface area contributed by atoms with Crippen molar-refractivity contribution in [2.45, 2.75) is 46.2 Å². The molecular formula is C13H24N2O4. The third kappa shape index (κ3) is 3.83. The van der Waals surface area contributed by atoms with Crippen molar-refractivity contribution < 1.29 is 19.4 Å². The van der Waals surface area contributed by atoms with E-state index in [0.717, 1.165) is 0 Å². The zero-order valence-electron chi connectivity index (χ0n) is 12.3. The number of carboxylic acid groups (broad SMARTS) is 1. The molecule has 110 valence electrons. The predicted molar refractivity (Wildman–Crippen MR) is 71.0 cm³/mol. The van der Waals surface area contributed by atoms with E-state index >= 15 is 0 Å². The summed E-state index contributed by atoms with van der Waals surface area (Å²) < 4.78 is 5.35. The van der Waals surface area contributed by atoms with Crippen LogP contribution in [0, 0.1) is 5.41 Å². The monoisotopic (exact) mass is 272 g/mol. The fourth-order valence-electron chi connectivity index (χ4n) is 2.08. The molecule has 1 rings (SSSR count). The van der Waals surface area contributed by atoms with E-state index in [1.807, 2.05) is 13.8 Å². The molecule has 6 heteroatoms. The molecule has 0 spiro atoms. The number of urea groups is 1. The molecule has 0 aliphatic carbocycles. The number of hydrogen-bond donors (Lipinski definition) is 2. The second-order valence-electron chi connectivity index (χ2n) is 6.60. The SMILES string of the molecule is CC(C)(C)[C@H](NC(=O)N1CCOCC1(C)C)C(=O)O. The summed E-state index contributed by atoms with van der Waals surface area (Å²) >= 11 is 0. The van der Waals surface area contributed by atoms with Crippen LogP contribution in [-0.2, 0) is 9.53 Å². The molecule has 19 heavy (non-hydrogen) atoms. The third-order valence-corrected chi connectivity index (χ3v) is 3.27. The van der Waals surface area contributed by atoms with Gasteiger partial charge in [-0.2, -0.15) is 0 Å². The first kappa shape index (κ1) is 15.8. The van der Waals surface area contributed by atoms with E-state index in [0.29, 0.717) is 19.8 Å². The van der Waals surface area contributed by atoms with Crippen molar-refractivity contribution in [1.29, 1.82) is 0 Å². The summed E-state index contributed by atoms with van der Waals surface area (Å²) in [6.07, 6.45) is 0. The minimum atomic E-state index is -1.02. The molecule has 1 aliphatic rings. The molecule has 1 atom stereocenters. The number of amides is 2. The molecular weight excluding hydrogens is 248 g/mol. The van der Waals surface area contributed by atoms with Gasteiger partial charge in [0.15, 0.2) is 0 Å². The maximum absolute atomic E-state index is 12.3. The number of carbonyl (C=O) groups excluding carboxylic acids is 1. The van der Waals surface area contributed by atoms with Crippen LogP contribution < -0.4 is 5.32 Å². The number of hydrogen-bond acceptors (Lipinski definition) is 3. The third-order valence-electron chi connectivity index (χ3n) is 3.27. The van der Waals surface area contributed by atoms with Gasteiger partial charge in [0.05, 0.1) is 18.8 Å². The number of carboxylic acids is 1. The normalized spacial score (nSPS) is 20.8. The van der Waals surface area contributed by atoms with Crippen LogP contribution in [0.25, 0.3) is 0 Å². The summed E-state index contributed by atoms with van der Waals surface area (Å²) in [5.41, 5.74) is -0.971. The Labute approximate surface area is 114 Å². The van der Waals surface area contributed by atoms with Crippen LogP contribution in [0.5, 0.6) is 0 Å². The Morgan fingerprint density at radius 1 is 1.37 bits per heavy atom. The molecule has 1 fully saturated rings. The highest BCUT2D eigenvalue weighted by Gasteiger charge is 2.38. The zero-order chi connectivity index (χ0) is 14.8. The molecule has 0 saturated carbocycles. The van der Waals surface area contributed by atoms with Crippen LogP contribution >= 0.6 is 0 Å². The van der Waals surface area contributed by atoms with Gasteiger partial charge in [-0.3, -0.25) is 0 Å². The quantitative estimate of drug-likeness (QED) is 0.794. The highest BCUT2D eigenvalue weighted by atomic mass is 16.5. The van der Waals surface area contributed by atoms with Gasteiger partial charge in [0.25, 0.3) is 0 Å². The molecule has 0 aromatic rings. The highest BCUT2D eigenvalue weighted by Crippen LogP contribution is 2.22. The van der Waals surface area contributed by atoms with Gasteiger partial charge in [0.1, 0.15) is 6.04 Å². The van der Waals surface area contributed by atoms with Crippen LogP contribution in [-0.4, -0.2) is 53.3 Å². The first-order valence-electron chi connectivity index (χ1n) is 6.44. The Bertz CT molecular complexity index is 360. The summed E-state index contributed by atoms with van der Waals surface area (Å²) in [5.74, 6) is -1.02. The summed E-state index contributed by atoms with van der Waals surface area (Å²) in [4.78, 5) is 25.2. The summed E-state index contributed by atoms with van der Waals surface area (Å²) in [6.45, 7) is 10.6. The molecule has 2 N–H and O–H groups in total. The van der Waals surface area contributed by atoms with E-state index in [9.17, 15) is 14.7 Å². The lowest BCUT2D eigenvalue weighted by molar-refractivity contribution is -0.142. The lowest BCUT2D eigenvalue weighted by Crippen LogP contribution is -2.61. The van der Waals surface area contributed by atoms with Gasteiger partial charge in [0, 0.05) is 6.54 Å². The number of aliphatic carboxylic acids is 1. The number of rotatable bonds is 2. The van der Waals surface area contributed by atoms with E-state index < -0.39 is 23.0 Å². The van der Waals surface area contributed by atoms with Crippen molar-refractivity contribution in [1.82, 2.24) is 10.2 Å². The minimum absolute atomic E-state index is 0.351. The maximum atomic E-state index is 12.3. The Hall–Kier alpha value is -1.30. The second-order valence-corrected chi connectivity index (χ2v) is 6.60. The van der Waals surface area contributed by atoms with Crippen molar-refractivity contribution in [3.63, 3.8) is 0 Å². The fourth-order valence-corrected chi connectivity index (χ4v) is 2.08. The topological polar surface area (TPSA) is 78.9 Å². The predicted octanol–water partition coefficient (Wildman–Crippen LogP) is 1.31. The van der Waals surface area contributed by atoms with Gasteiger partial charge in [-0.1, -0.05) is 20.8 Å². The molecule has 1 saturated heterocycles. The average molecular weight is 272 g/mol. The molecule has 6 nitrogen and oxygen atoms in total. The van der Waals surface area contributed by atoms with Gasteiger partial charge in [0.2, 0.25) is 0 Å². The van der Waals surface area contributed by atoms with Crippen LogP contribution in [0.1, 0.15) is 34.6 Å². The molecule has 0 aromatic carbocycles. The summed E-state index contributed by atoms with van der Waals surface area (Å²) in [6, 6.07) is -1.27. The molecule has 0 bridgehead atoms. The van der Waals surface area contributed by atoms with Crippen molar-refractivity contribution >= 4 is 12.0 Å². The van der Waals surface area contributed by atoms with Gasteiger partial charge in [-0.15, -0.1) is 0 Å². The zero-order valence-corrected chi connectivity index (χ0v) is 12.3. The largest absolute Gasteiger partial charge is 0.480 e. The first-order chi connectivity index (χ1) is 8.55. The smallest absolute Gasteiger partial charge is 0.326 e. The lowest BCUT2D eigenvalue weighted by Gasteiger charge is -2.43. The Kier molecular flexibility index (Phi) is 4.45. The standard InChI is InChI=1S/C13H24N2O4/c1-12(2,3)9(10(16)17)14-11(18)15-6-7-19-8-13(15,4)5/h9H,6-8H2,1-5H3,(H,14,18)(H,16,17)/t9-/m1/s1. The van der Waals surface area contributed by atoms with Crippen LogP contribution in [0.15, 0.2) is 0 Å². The molecule has 1 aliphatic heterocycles. The summed E-state index contributed by atoms with van der Waals surface area (Å²) in [5, 5.41) is 11.8. The Balaban J connectivity index is 2.80. The van der Waals surface area contributed by atoms with Crippen LogP contribution in [0.4, 0.5) is 4.79 Å². The van der Waals surface area contributed by atoms with Crippen molar-refractivity contribution in [2.24, 2.45) is 5.41 Å². The van der Waals surface area contributed by atoms with Gasteiger partial charge < -0.3 is 20.1 Å². The molecule has 0 aromatic heterocycles. The number of nitrogens with one attached hydrogen (secondary N) is 1. The van der Waals surface area contributed by atoms with Crippen molar-refractivity contribution in [2.75, 3.05) is 19.8 Å². The van der Waals surface area contributed by atoms with Crippen LogP contribution in [0.2, 0.25) is 0 Å². The molecule has 2 amide bonds. The van der Waals surface area contributed by atoms with E-state index in [1.165, 1.54) is 0 Å². The first-order valence-corrected chi connectivity index (χ1v) is 6.44. The van der Waals surface area contributed by atoms with E-state index in [1.54, 1.807) is 25.7 Å². The number of ether oxygens (including phenoxy) is 1. The maximum Gasteiger partial charge on any atom is 0.326 e. The highest BCUT2D eigenvalue weighted by molar-refractivity contribution is 5.83. The van der Waals surface area contributed by atoms with Gasteiger partial charge in [-0.25, -0.2) is 9.59 Å². The van der Waals surface area contributed by atoms with E-state index in [4.69, 9.17) is 4.74 Å². The van der Waals surface area contributed by atoms with Gasteiger partial charge in [-0.05, 0) is 19.3 Å².